The molecule has 2 aromatic rings. The van der Waals surface area contributed by atoms with E-state index in [0.29, 0.717) is 5.13 Å². The van der Waals surface area contributed by atoms with Gasteiger partial charge in [0.25, 0.3) is 5.91 Å². The molecule has 0 fully saturated rings. The number of rotatable bonds is 5. The number of fused-ring (bicyclic) bond motifs is 1. The van der Waals surface area contributed by atoms with Crippen molar-refractivity contribution >= 4 is 22.4 Å². The maximum absolute atomic E-state index is 12.4. The summed E-state index contributed by atoms with van der Waals surface area (Å²) in [5.41, 5.74) is 2.12. The van der Waals surface area contributed by atoms with Gasteiger partial charge in [0.05, 0.1) is 11.7 Å². The molecule has 0 saturated heterocycles. The highest BCUT2D eigenvalue weighted by atomic mass is 32.1. The van der Waals surface area contributed by atoms with Crippen LogP contribution in [0.5, 0.6) is 0 Å². The molecular weight excluding hydrogens is 346 g/mol. The van der Waals surface area contributed by atoms with E-state index < -0.39 is 5.91 Å². The first-order valence-electron chi connectivity index (χ1n) is 8.46. The summed E-state index contributed by atoms with van der Waals surface area (Å²) in [4.78, 5) is 20.4. The lowest BCUT2D eigenvalue weighted by Crippen LogP contribution is -2.28. The van der Waals surface area contributed by atoms with Crippen molar-refractivity contribution in [2.45, 2.75) is 25.9 Å². The molecule has 1 unspecified atom stereocenters. The number of thiazole rings is 1. The Hall–Kier alpha value is -2.69. The second kappa shape index (κ2) is 8.13. The third-order valence-electron chi connectivity index (χ3n) is 4.27. The highest BCUT2D eigenvalue weighted by Crippen LogP contribution is 2.27. The van der Waals surface area contributed by atoms with E-state index in [9.17, 15) is 10.1 Å². The van der Waals surface area contributed by atoms with Crippen LogP contribution in [0, 0.1) is 11.3 Å². The number of aromatic nitrogens is 1. The van der Waals surface area contributed by atoms with Gasteiger partial charge in [0.1, 0.15) is 11.6 Å². The number of benzene rings is 1. The maximum Gasteiger partial charge on any atom is 0.263 e. The molecule has 7 heteroatoms. The van der Waals surface area contributed by atoms with Crippen LogP contribution in [0.15, 0.2) is 42.1 Å². The van der Waals surface area contributed by atoms with E-state index in [-0.39, 0.29) is 11.6 Å². The summed E-state index contributed by atoms with van der Waals surface area (Å²) in [7, 11) is 2.09. The Labute approximate surface area is 157 Å². The van der Waals surface area contributed by atoms with Crippen molar-refractivity contribution in [3.05, 3.63) is 58.2 Å². The summed E-state index contributed by atoms with van der Waals surface area (Å²) in [5.74, 6) is -0.405. The fourth-order valence-corrected chi connectivity index (χ4v) is 3.82. The molecule has 0 aliphatic carbocycles. The highest BCUT2D eigenvalue weighted by molar-refractivity contribution is 7.15. The number of nitrogens with one attached hydrogen (secondary N) is 2. The van der Waals surface area contributed by atoms with Crippen LogP contribution >= 0.6 is 11.3 Å². The molecule has 1 atom stereocenters. The lowest BCUT2D eigenvalue weighted by molar-refractivity contribution is -0.117. The van der Waals surface area contributed by atoms with E-state index in [2.05, 4.69) is 27.6 Å². The summed E-state index contributed by atoms with van der Waals surface area (Å²) in [5, 5.41) is 15.9. The van der Waals surface area contributed by atoms with E-state index in [0.717, 1.165) is 30.8 Å². The Morgan fingerprint density at radius 1 is 1.42 bits per heavy atom. The molecule has 2 N–H and O–H groups in total. The van der Waals surface area contributed by atoms with Crippen LogP contribution in [0.1, 0.15) is 29.1 Å². The molecule has 0 spiro atoms. The first-order valence-corrected chi connectivity index (χ1v) is 9.28. The van der Waals surface area contributed by atoms with Crippen LogP contribution in [0.25, 0.3) is 0 Å². The summed E-state index contributed by atoms with van der Waals surface area (Å²) >= 11 is 1.56. The van der Waals surface area contributed by atoms with Crippen molar-refractivity contribution in [1.29, 1.82) is 5.26 Å². The highest BCUT2D eigenvalue weighted by Gasteiger charge is 2.18. The van der Waals surface area contributed by atoms with Crippen LogP contribution in [0.3, 0.4) is 0 Å². The van der Waals surface area contributed by atoms with Gasteiger partial charge in [-0.3, -0.25) is 4.79 Å². The van der Waals surface area contributed by atoms with Gasteiger partial charge in [0, 0.05) is 30.6 Å². The van der Waals surface area contributed by atoms with Gasteiger partial charge in [-0.2, -0.15) is 5.26 Å². The minimum Gasteiger partial charge on any atom is -0.345 e. The summed E-state index contributed by atoms with van der Waals surface area (Å²) in [6.07, 6.45) is 2.36. The number of carbonyl (C=O) groups excluding carboxylic acids is 1. The molecule has 1 aromatic carbocycles. The van der Waals surface area contributed by atoms with Gasteiger partial charge in [-0.15, -0.1) is 11.3 Å². The van der Waals surface area contributed by atoms with Crippen molar-refractivity contribution in [3.8, 4) is 6.07 Å². The largest absolute Gasteiger partial charge is 0.345 e. The van der Waals surface area contributed by atoms with Crippen molar-refractivity contribution in [1.82, 2.24) is 15.2 Å². The Morgan fingerprint density at radius 2 is 2.19 bits per heavy atom. The van der Waals surface area contributed by atoms with Gasteiger partial charge in [0.15, 0.2) is 5.13 Å². The fourth-order valence-electron chi connectivity index (χ4n) is 2.77. The van der Waals surface area contributed by atoms with E-state index in [1.807, 2.05) is 43.3 Å². The third kappa shape index (κ3) is 4.28. The number of nitriles is 1. The average Bonchev–Trinajstić information content (AvgIpc) is 3.04. The van der Waals surface area contributed by atoms with Gasteiger partial charge in [-0.1, -0.05) is 30.3 Å². The minimum absolute atomic E-state index is 0.0260. The molecule has 0 saturated carbocycles. The standard InChI is InChI=1S/C19H21N5OS/c1-13(14-6-4-3-5-7-14)22-18(25)15(10-20)11-21-19-23-16-8-9-24(2)12-17(16)26-19/h3-7,11,13H,8-9,12H2,1-2H3,(H,21,23)(H,22,25)/b15-11-. The zero-order valence-corrected chi connectivity index (χ0v) is 15.6. The van der Waals surface area contributed by atoms with Gasteiger partial charge in [-0.05, 0) is 19.5 Å². The smallest absolute Gasteiger partial charge is 0.263 e. The van der Waals surface area contributed by atoms with Gasteiger partial charge in [0.2, 0.25) is 0 Å². The first kappa shape index (κ1) is 18.1. The SMILES string of the molecule is CC(NC(=O)/C(C#N)=C\Nc1nc2c(s1)CN(C)CC2)c1ccccc1. The second-order valence-electron chi connectivity index (χ2n) is 6.30. The molecule has 1 amide bonds. The number of anilines is 1. The second-order valence-corrected chi connectivity index (χ2v) is 7.38. The van der Waals surface area contributed by atoms with Crippen molar-refractivity contribution in [2.75, 3.05) is 18.9 Å². The molecule has 1 aliphatic heterocycles. The van der Waals surface area contributed by atoms with Crippen LogP contribution in [-0.4, -0.2) is 29.4 Å². The summed E-state index contributed by atoms with van der Waals surface area (Å²) in [6, 6.07) is 11.4. The molecule has 6 nitrogen and oxygen atoms in total. The molecule has 2 heterocycles. The molecule has 1 aliphatic rings. The lowest BCUT2D eigenvalue weighted by atomic mass is 10.1. The number of hydrogen-bond acceptors (Lipinski definition) is 6. The van der Waals surface area contributed by atoms with Gasteiger partial charge in [-0.25, -0.2) is 4.98 Å². The van der Waals surface area contributed by atoms with Gasteiger partial charge >= 0.3 is 0 Å². The van der Waals surface area contributed by atoms with E-state index >= 15 is 0 Å². The van der Waals surface area contributed by atoms with Crippen molar-refractivity contribution in [3.63, 3.8) is 0 Å². The molecule has 134 valence electrons. The Balaban J connectivity index is 1.65. The minimum atomic E-state index is -0.405. The monoisotopic (exact) mass is 367 g/mol. The summed E-state index contributed by atoms with van der Waals surface area (Å²) < 4.78 is 0. The number of likely N-dealkylation sites (N-methyl/N-ethyl adjacent to an activating group) is 1. The van der Waals surface area contributed by atoms with Crippen LogP contribution in [0.2, 0.25) is 0 Å². The number of amides is 1. The number of nitrogens with zero attached hydrogens (tertiary/aromatic N) is 3. The summed E-state index contributed by atoms with van der Waals surface area (Å²) in [6.45, 7) is 3.77. The van der Waals surface area contributed by atoms with E-state index in [1.54, 1.807) is 11.3 Å². The molecule has 3 rings (SSSR count). The van der Waals surface area contributed by atoms with Crippen LogP contribution < -0.4 is 10.6 Å². The van der Waals surface area contributed by atoms with Crippen LogP contribution in [-0.2, 0) is 17.8 Å². The Morgan fingerprint density at radius 3 is 2.92 bits per heavy atom. The zero-order chi connectivity index (χ0) is 18.5. The van der Waals surface area contributed by atoms with Crippen LogP contribution in [0.4, 0.5) is 5.13 Å². The quantitative estimate of drug-likeness (QED) is 0.627. The predicted molar refractivity (Wildman–Crippen MR) is 102 cm³/mol. The lowest BCUT2D eigenvalue weighted by Gasteiger charge is -2.20. The molecule has 26 heavy (non-hydrogen) atoms. The third-order valence-corrected chi connectivity index (χ3v) is 5.29. The number of carbonyl (C=O) groups is 1. The topological polar surface area (TPSA) is 81.0 Å². The fraction of sp³-hybridized carbons (Fsp3) is 0.316. The Bertz CT molecular complexity index is 853. The molecule has 1 aromatic heterocycles. The Kier molecular flexibility index (Phi) is 5.66. The normalized spacial score (nSPS) is 15.7. The van der Waals surface area contributed by atoms with Crippen molar-refractivity contribution < 1.29 is 4.79 Å². The van der Waals surface area contributed by atoms with E-state index in [1.165, 1.54) is 11.1 Å². The number of hydrogen-bond donors (Lipinski definition) is 2. The predicted octanol–water partition coefficient (Wildman–Crippen LogP) is 2.83. The molecular formula is C19H21N5OS. The molecule has 0 bridgehead atoms. The zero-order valence-electron chi connectivity index (χ0n) is 14.8. The van der Waals surface area contributed by atoms with Gasteiger partial charge < -0.3 is 15.5 Å². The molecule has 0 radical (unpaired) electrons. The maximum atomic E-state index is 12.4. The van der Waals surface area contributed by atoms with E-state index in [4.69, 9.17) is 0 Å². The first-order chi connectivity index (χ1) is 12.6. The van der Waals surface area contributed by atoms with Crippen molar-refractivity contribution in [2.24, 2.45) is 0 Å². The average molecular weight is 367 g/mol.